The van der Waals surface area contributed by atoms with Crippen molar-refractivity contribution in [1.29, 1.82) is 5.26 Å². The number of alkyl halides is 3. The minimum Gasteiger partial charge on any atom is -0.457 e. The number of furan rings is 1. The van der Waals surface area contributed by atoms with Crippen molar-refractivity contribution in [2.75, 3.05) is 5.32 Å². The number of halogens is 5. The van der Waals surface area contributed by atoms with Crippen LogP contribution in [-0.4, -0.2) is 5.91 Å². The first-order valence-electron chi connectivity index (χ1n) is 8.33. The molecule has 0 unspecified atom stereocenters. The molecule has 0 atom stereocenters. The normalized spacial score (nSPS) is 11.8. The summed E-state index contributed by atoms with van der Waals surface area (Å²) >= 11 is 9.29. The van der Waals surface area contributed by atoms with Gasteiger partial charge in [0.2, 0.25) is 0 Å². The molecule has 1 amide bonds. The van der Waals surface area contributed by atoms with Crippen LogP contribution in [0.4, 0.5) is 18.9 Å². The summed E-state index contributed by atoms with van der Waals surface area (Å²) in [7, 11) is 0. The predicted molar refractivity (Wildman–Crippen MR) is 111 cm³/mol. The van der Waals surface area contributed by atoms with Gasteiger partial charge in [0.25, 0.3) is 5.91 Å². The number of anilines is 1. The number of carbonyl (C=O) groups is 1. The minimum atomic E-state index is -4.53. The molecule has 0 spiro atoms. The molecule has 4 nitrogen and oxygen atoms in total. The highest BCUT2D eigenvalue weighted by Gasteiger charge is 2.31. The zero-order chi connectivity index (χ0) is 21.9. The van der Waals surface area contributed by atoms with Gasteiger partial charge in [-0.3, -0.25) is 4.79 Å². The zero-order valence-electron chi connectivity index (χ0n) is 14.9. The van der Waals surface area contributed by atoms with Gasteiger partial charge in [-0.15, -0.1) is 0 Å². The molecule has 0 saturated carbocycles. The Hall–Kier alpha value is -3.02. The van der Waals surface area contributed by atoms with Crippen LogP contribution in [0, 0.1) is 11.3 Å². The van der Waals surface area contributed by atoms with E-state index in [-0.39, 0.29) is 27.7 Å². The molecule has 3 rings (SSSR count). The first kappa shape index (κ1) is 21.7. The van der Waals surface area contributed by atoms with E-state index in [1.807, 2.05) is 0 Å². The Morgan fingerprint density at radius 3 is 2.47 bits per heavy atom. The highest BCUT2D eigenvalue weighted by molar-refractivity contribution is 9.10. The van der Waals surface area contributed by atoms with Crippen LogP contribution in [0.25, 0.3) is 17.4 Å². The van der Waals surface area contributed by atoms with E-state index in [9.17, 15) is 23.2 Å². The predicted octanol–water partition coefficient (Wildman–Crippen LogP) is 6.93. The van der Waals surface area contributed by atoms with E-state index in [0.29, 0.717) is 5.69 Å². The molecule has 0 fully saturated rings. The van der Waals surface area contributed by atoms with E-state index in [1.165, 1.54) is 18.2 Å². The molecule has 2 aromatic carbocycles. The lowest BCUT2D eigenvalue weighted by molar-refractivity contribution is -0.137. The molecular formula is C21H11BrClF3N2O2. The van der Waals surface area contributed by atoms with Gasteiger partial charge in [0.15, 0.2) is 0 Å². The lowest BCUT2D eigenvalue weighted by Gasteiger charge is -2.09. The van der Waals surface area contributed by atoms with Crippen molar-refractivity contribution in [3.8, 4) is 17.4 Å². The van der Waals surface area contributed by atoms with Crippen LogP contribution < -0.4 is 5.32 Å². The van der Waals surface area contributed by atoms with Crippen molar-refractivity contribution < 1.29 is 22.4 Å². The van der Waals surface area contributed by atoms with Gasteiger partial charge >= 0.3 is 6.18 Å². The summed E-state index contributed by atoms with van der Waals surface area (Å²) in [5.74, 6) is -0.473. The van der Waals surface area contributed by atoms with Crippen molar-refractivity contribution in [3.63, 3.8) is 0 Å². The Bertz CT molecular complexity index is 1160. The van der Waals surface area contributed by atoms with Gasteiger partial charge < -0.3 is 9.73 Å². The van der Waals surface area contributed by atoms with E-state index in [1.54, 1.807) is 30.3 Å². The average Bonchev–Trinajstić information content (AvgIpc) is 3.15. The van der Waals surface area contributed by atoms with E-state index in [4.69, 9.17) is 16.0 Å². The smallest absolute Gasteiger partial charge is 0.416 e. The monoisotopic (exact) mass is 494 g/mol. The molecule has 0 aliphatic carbocycles. The summed E-state index contributed by atoms with van der Waals surface area (Å²) in [6.45, 7) is 0. The van der Waals surface area contributed by atoms with Crippen LogP contribution in [0.1, 0.15) is 11.3 Å². The van der Waals surface area contributed by atoms with Crippen molar-refractivity contribution >= 4 is 45.2 Å². The maximum absolute atomic E-state index is 13.0. The van der Waals surface area contributed by atoms with Crippen molar-refractivity contribution in [2.24, 2.45) is 0 Å². The molecule has 3 aromatic rings. The second kappa shape index (κ2) is 8.78. The Morgan fingerprint density at radius 2 is 1.83 bits per heavy atom. The summed E-state index contributed by atoms with van der Waals surface area (Å²) in [6.07, 6.45) is -3.34. The van der Waals surface area contributed by atoms with Gasteiger partial charge in [-0.05, 0) is 54.6 Å². The number of benzene rings is 2. The highest BCUT2D eigenvalue weighted by Crippen LogP contribution is 2.36. The molecule has 152 valence electrons. The first-order chi connectivity index (χ1) is 14.2. The number of carbonyl (C=O) groups excluding carboxylic acids is 1. The van der Waals surface area contributed by atoms with Crippen LogP contribution in [0.5, 0.6) is 0 Å². The molecule has 1 heterocycles. The number of amides is 1. The first-order valence-corrected chi connectivity index (χ1v) is 9.50. The third-order valence-corrected chi connectivity index (χ3v) is 4.80. The fraction of sp³-hybridized carbons (Fsp3) is 0.0476. The lowest BCUT2D eigenvalue weighted by Crippen LogP contribution is -2.13. The van der Waals surface area contributed by atoms with Gasteiger partial charge in [0, 0.05) is 21.8 Å². The quantitative estimate of drug-likeness (QED) is 0.315. The van der Waals surface area contributed by atoms with Crippen molar-refractivity contribution in [1.82, 2.24) is 0 Å². The standard InChI is InChI=1S/C21H11BrClF3N2O2/c22-14-2-4-15(5-3-14)28-20(29)12(11-27)9-16-6-8-19(30-16)17-10-13(21(24,25)26)1-7-18(17)23/h1-10H,(H,28,29)/b12-9+. The highest BCUT2D eigenvalue weighted by atomic mass is 79.9. The van der Waals surface area contributed by atoms with Gasteiger partial charge in [0.1, 0.15) is 23.2 Å². The third kappa shape index (κ3) is 5.12. The number of rotatable bonds is 4. The number of hydrogen-bond donors (Lipinski definition) is 1. The van der Waals surface area contributed by atoms with Gasteiger partial charge in [-0.2, -0.15) is 18.4 Å². The molecule has 9 heteroatoms. The minimum absolute atomic E-state index is 0.0453. The SMILES string of the molecule is N#C/C(=C\c1ccc(-c2cc(C(F)(F)F)ccc2Cl)o1)C(=O)Nc1ccc(Br)cc1. The Balaban J connectivity index is 1.86. The number of nitrogens with zero attached hydrogens (tertiary/aromatic N) is 1. The summed E-state index contributed by atoms with van der Waals surface area (Å²) in [5, 5.41) is 11.9. The van der Waals surface area contributed by atoms with Gasteiger partial charge in [-0.1, -0.05) is 27.5 Å². The summed E-state index contributed by atoms with van der Waals surface area (Å²) in [5.41, 5.74) is -0.583. The number of nitriles is 1. The second-order valence-electron chi connectivity index (χ2n) is 6.03. The van der Waals surface area contributed by atoms with Crippen LogP contribution in [-0.2, 0) is 11.0 Å². The fourth-order valence-corrected chi connectivity index (χ4v) is 2.96. The second-order valence-corrected chi connectivity index (χ2v) is 7.35. The van der Waals surface area contributed by atoms with Gasteiger partial charge in [-0.25, -0.2) is 0 Å². The average molecular weight is 496 g/mol. The molecule has 1 aromatic heterocycles. The summed E-state index contributed by atoms with van der Waals surface area (Å²) in [6, 6.07) is 14.2. The Labute approximate surface area is 182 Å². The topological polar surface area (TPSA) is 66.0 Å². The Kier molecular flexibility index (Phi) is 6.34. The summed E-state index contributed by atoms with van der Waals surface area (Å²) in [4.78, 5) is 12.3. The van der Waals surface area contributed by atoms with E-state index in [0.717, 1.165) is 22.7 Å². The van der Waals surface area contributed by atoms with Crippen LogP contribution >= 0.6 is 27.5 Å². The molecule has 0 saturated heterocycles. The number of hydrogen-bond acceptors (Lipinski definition) is 3. The molecular weight excluding hydrogens is 485 g/mol. The van der Waals surface area contributed by atoms with Crippen molar-refractivity contribution in [3.05, 3.63) is 81.0 Å². The maximum Gasteiger partial charge on any atom is 0.416 e. The van der Waals surface area contributed by atoms with E-state index >= 15 is 0 Å². The fourth-order valence-electron chi connectivity index (χ4n) is 2.49. The maximum atomic E-state index is 13.0. The molecule has 30 heavy (non-hydrogen) atoms. The van der Waals surface area contributed by atoms with Crippen LogP contribution in [0.3, 0.4) is 0 Å². The number of nitrogens with one attached hydrogen (secondary N) is 1. The summed E-state index contributed by atoms with van der Waals surface area (Å²) < 4.78 is 45.2. The molecule has 0 aliphatic heterocycles. The molecule has 0 bridgehead atoms. The molecule has 1 N–H and O–H groups in total. The zero-order valence-corrected chi connectivity index (χ0v) is 17.3. The van der Waals surface area contributed by atoms with E-state index in [2.05, 4.69) is 21.2 Å². The lowest BCUT2D eigenvalue weighted by atomic mass is 10.1. The molecule has 0 aliphatic rings. The third-order valence-electron chi connectivity index (χ3n) is 3.94. The largest absolute Gasteiger partial charge is 0.457 e. The van der Waals surface area contributed by atoms with Crippen molar-refractivity contribution in [2.45, 2.75) is 6.18 Å². The van der Waals surface area contributed by atoms with Gasteiger partial charge in [0.05, 0.1) is 10.6 Å². The Morgan fingerprint density at radius 1 is 1.13 bits per heavy atom. The van der Waals surface area contributed by atoms with E-state index < -0.39 is 17.6 Å². The van der Waals surface area contributed by atoms with Crippen LogP contribution in [0.2, 0.25) is 5.02 Å². The molecule has 0 radical (unpaired) electrons. The van der Waals surface area contributed by atoms with Crippen LogP contribution in [0.15, 0.2) is 69.1 Å².